The van der Waals surface area contributed by atoms with Crippen molar-refractivity contribution >= 4 is 5.97 Å². The Bertz CT molecular complexity index is 436. The topological polar surface area (TPSA) is 133 Å². The average Bonchev–Trinajstić information content (AvgIpc) is 2.39. The van der Waals surface area contributed by atoms with Gasteiger partial charge in [0.1, 0.15) is 18.8 Å². The Hall–Kier alpha value is -1.83. The number of aliphatic hydroxyl groups is 2. The molecule has 0 fully saturated rings. The second kappa shape index (κ2) is 6.93. The molecule has 106 valence electrons. The van der Waals surface area contributed by atoms with E-state index in [1.807, 2.05) is 0 Å². The van der Waals surface area contributed by atoms with Gasteiger partial charge in [0, 0.05) is 0 Å². The van der Waals surface area contributed by atoms with Gasteiger partial charge in [0.2, 0.25) is 0 Å². The van der Waals surface area contributed by atoms with Crippen molar-refractivity contribution in [2.75, 3.05) is 13.2 Å². The first-order chi connectivity index (χ1) is 8.93. The molecule has 0 unspecified atom stereocenters. The molecule has 0 radical (unpaired) electrons. The van der Waals surface area contributed by atoms with Crippen LogP contribution in [-0.4, -0.2) is 51.8 Å². The number of carbonyl (C=O) groups is 1. The minimum absolute atomic E-state index is 0.113. The van der Waals surface area contributed by atoms with Crippen molar-refractivity contribution in [1.82, 2.24) is 0 Å². The number of nitrogens with two attached hydrogens (primary N) is 1. The number of carbonyl (C=O) groups excluding carboxylic acids is 1. The van der Waals surface area contributed by atoms with Crippen LogP contribution in [0.1, 0.15) is 5.56 Å². The van der Waals surface area contributed by atoms with Gasteiger partial charge >= 0.3 is 5.97 Å². The van der Waals surface area contributed by atoms with E-state index < -0.39 is 24.7 Å². The lowest BCUT2D eigenvalue weighted by atomic mass is 10.1. The number of aromatic hydroxyl groups is 2. The smallest absolute Gasteiger partial charge is 0.323 e. The fourth-order valence-electron chi connectivity index (χ4n) is 1.37. The number of aliphatic hydroxyl groups excluding tert-OH is 2. The van der Waals surface area contributed by atoms with E-state index in [2.05, 4.69) is 0 Å². The SMILES string of the molecule is N[C@@H](Cc1ccc(O)c(O)c1)C(=O)OC[C@@H](O)CO. The molecule has 0 heterocycles. The van der Waals surface area contributed by atoms with Crippen molar-refractivity contribution in [1.29, 1.82) is 0 Å². The highest BCUT2D eigenvalue weighted by atomic mass is 16.5. The molecule has 1 rings (SSSR count). The minimum atomic E-state index is -1.13. The van der Waals surface area contributed by atoms with Gasteiger partial charge in [0.25, 0.3) is 0 Å². The molecular formula is C12H17NO6. The Labute approximate surface area is 109 Å². The number of phenols is 2. The number of hydrogen-bond acceptors (Lipinski definition) is 7. The van der Waals surface area contributed by atoms with Crippen LogP contribution in [0.4, 0.5) is 0 Å². The van der Waals surface area contributed by atoms with E-state index in [-0.39, 0.29) is 24.5 Å². The molecular weight excluding hydrogens is 254 g/mol. The average molecular weight is 271 g/mol. The third kappa shape index (κ3) is 4.74. The summed E-state index contributed by atoms with van der Waals surface area (Å²) < 4.78 is 4.70. The van der Waals surface area contributed by atoms with Gasteiger partial charge in [-0.2, -0.15) is 0 Å². The third-order valence-corrected chi connectivity index (χ3v) is 2.43. The zero-order valence-corrected chi connectivity index (χ0v) is 10.2. The molecule has 0 aliphatic carbocycles. The number of hydrogen-bond donors (Lipinski definition) is 5. The van der Waals surface area contributed by atoms with Crippen molar-refractivity contribution < 1.29 is 30.0 Å². The van der Waals surface area contributed by atoms with Gasteiger partial charge in [-0.3, -0.25) is 4.79 Å². The van der Waals surface area contributed by atoms with E-state index >= 15 is 0 Å². The molecule has 0 amide bonds. The van der Waals surface area contributed by atoms with Crippen molar-refractivity contribution in [2.45, 2.75) is 18.6 Å². The molecule has 6 N–H and O–H groups in total. The maximum atomic E-state index is 11.5. The molecule has 2 atom stereocenters. The number of phenolic OH excluding ortho intramolecular Hbond substituents is 2. The summed E-state index contributed by atoms with van der Waals surface area (Å²) in [6, 6.07) is 3.14. The molecule has 0 saturated carbocycles. The lowest BCUT2D eigenvalue weighted by Crippen LogP contribution is -2.36. The summed E-state index contributed by atoms with van der Waals surface area (Å²) in [5.41, 5.74) is 6.16. The molecule has 0 aliphatic heterocycles. The normalized spacial score (nSPS) is 13.8. The minimum Gasteiger partial charge on any atom is -0.504 e. The van der Waals surface area contributed by atoms with E-state index in [4.69, 9.17) is 25.8 Å². The van der Waals surface area contributed by atoms with Gasteiger partial charge < -0.3 is 30.9 Å². The second-order valence-corrected chi connectivity index (χ2v) is 4.10. The van der Waals surface area contributed by atoms with Gasteiger partial charge in [-0.25, -0.2) is 0 Å². The lowest BCUT2D eigenvalue weighted by molar-refractivity contribution is -0.148. The zero-order chi connectivity index (χ0) is 14.4. The van der Waals surface area contributed by atoms with E-state index in [0.29, 0.717) is 5.56 Å². The van der Waals surface area contributed by atoms with Gasteiger partial charge in [-0.1, -0.05) is 6.07 Å². The second-order valence-electron chi connectivity index (χ2n) is 4.10. The van der Waals surface area contributed by atoms with Crippen LogP contribution in [0.2, 0.25) is 0 Å². The van der Waals surface area contributed by atoms with Gasteiger partial charge in [0.05, 0.1) is 6.61 Å². The monoisotopic (exact) mass is 271 g/mol. The number of rotatable bonds is 6. The van der Waals surface area contributed by atoms with E-state index in [1.165, 1.54) is 18.2 Å². The molecule has 1 aromatic carbocycles. The number of benzene rings is 1. The molecule has 0 saturated heterocycles. The summed E-state index contributed by atoms with van der Waals surface area (Å²) in [4.78, 5) is 11.5. The quantitative estimate of drug-likeness (QED) is 0.326. The van der Waals surface area contributed by atoms with E-state index in [0.717, 1.165) is 0 Å². The Kier molecular flexibility index (Phi) is 5.56. The summed E-state index contributed by atoms with van der Waals surface area (Å²) in [7, 11) is 0. The summed E-state index contributed by atoms with van der Waals surface area (Å²) in [5, 5.41) is 36.0. The highest BCUT2D eigenvalue weighted by Crippen LogP contribution is 2.25. The van der Waals surface area contributed by atoms with E-state index in [1.54, 1.807) is 0 Å². The van der Waals surface area contributed by atoms with Crippen LogP contribution in [0.15, 0.2) is 18.2 Å². The molecule has 0 bridgehead atoms. The molecule has 7 heteroatoms. The summed E-state index contributed by atoms with van der Waals surface area (Å²) >= 11 is 0. The molecule has 0 aliphatic rings. The van der Waals surface area contributed by atoms with Crippen molar-refractivity contribution in [2.24, 2.45) is 5.73 Å². The highest BCUT2D eigenvalue weighted by Gasteiger charge is 2.17. The number of ether oxygens (including phenoxy) is 1. The van der Waals surface area contributed by atoms with Crippen LogP contribution in [0.25, 0.3) is 0 Å². The maximum Gasteiger partial charge on any atom is 0.323 e. The fraction of sp³-hybridized carbons (Fsp3) is 0.417. The van der Waals surface area contributed by atoms with Crippen LogP contribution in [-0.2, 0) is 16.0 Å². The van der Waals surface area contributed by atoms with Gasteiger partial charge in [0.15, 0.2) is 11.5 Å². The summed E-state index contributed by atoms with van der Waals surface area (Å²) in [6.45, 7) is -0.835. The zero-order valence-electron chi connectivity index (χ0n) is 10.2. The fourth-order valence-corrected chi connectivity index (χ4v) is 1.37. The Morgan fingerprint density at radius 2 is 2.00 bits per heavy atom. The lowest BCUT2D eigenvalue weighted by Gasteiger charge is -2.13. The molecule has 0 aromatic heterocycles. The Morgan fingerprint density at radius 1 is 1.32 bits per heavy atom. The molecule has 7 nitrogen and oxygen atoms in total. The van der Waals surface area contributed by atoms with Crippen LogP contribution in [0, 0.1) is 0 Å². The Balaban J connectivity index is 2.51. The molecule has 19 heavy (non-hydrogen) atoms. The summed E-state index contributed by atoms with van der Waals surface area (Å²) in [5.74, 6) is -1.28. The van der Waals surface area contributed by atoms with Gasteiger partial charge in [-0.05, 0) is 24.1 Å². The van der Waals surface area contributed by atoms with Gasteiger partial charge in [-0.15, -0.1) is 0 Å². The van der Waals surface area contributed by atoms with Crippen LogP contribution in [0.3, 0.4) is 0 Å². The first kappa shape index (κ1) is 15.2. The highest BCUT2D eigenvalue weighted by molar-refractivity contribution is 5.76. The van der Waals surface area contributed by atoms with E-state index in [9.17, 15) is 9.90 Å². The van der Waals surface area contributed by atoms with Crippen molar-refractivity contribution in [3.8, 4) is 11.5 Å². The molecule has 1 aromatic rings. The number of esters is 1. The largest absolute Gasteiger partial charge is 0.504 e. The first-order valence-electron chi connectivity index (χ1n) is 5.66. The first-order valence-corrected chi connectivity index (χ1v) is 5.66. The maximum absolute atomic E-state index is 11.5. The third-order valence-electron chi connectivity index (χ3n) is 2.43. The van der Waals surface area contributed by atoms with Crippen molar-refractivity contribution in [3.63, 3.8) is 0 Å². The molecule has 0 spiro atoms. The van der Waals surface area contributed by atoms with Crippen molar-refractivity contribution in [3.05, 3.63) is 23.8 Å². The standard InChI is InChI=1S/C12H17NO6/c13-9(12(18)19-6-8(15)5-14)3-7-1-2-10(16)11(17)4-7/h1-2,4,8-9,14-17H,3,5-6,13H2/t8-,9-/m0/s1. The summed E-state index contributed by atoms with van der Waals surface area (Å²) in [6.07, 6.45) is -1.02. The predicted octanol–water partition coefficient (Wildman–Crippen LogP) is -1.14. The Morgan fingerprint density at radius 3 is 2.58 bits per heavy atom. The predicted molar refractivity (Wildman–Crippen MR) is 65.5 cm³/mol. The van der Waals surface area contributed by atoms with Crippen LogP contribution >= 0.6 is 0 Å². The van der Waals surface area contributed by atoms with Crippen LogP contribution in [0.5, 0.6) is 11.5 Å². The van der Waals surface area contributed by atoms with Crippen LogP contribution < -0.4 is 5.73 Å².